The highest BCUT2D eigenvalue weighted by Crippen LogP contribution is 2.34. The monoisotopic (exact) mass is 272 g/mol. The lowest BCUT2D eigenvalue weighted by Gasteiger charge is -2.28. The lowest BCUT2D eigenvalue weighted by Crippen LogP contribution is -2.35. The van der Waals surface area contributed by atoms with Crippen LogP contribution in [0.25, 0.3) is 11.3 Å². The van der Waals surface area contributed by atoms with Crippen molar-refractivity contribution < 1.29 is 9.90 Å². The number of carbonyl (C=O) groups is 1. The molecule has 2 aromatic rings. The van der Waals surface area contributed by atoms with Gasteiger partial charge in [0, 0.05) is 37.6 Å². The average Bonchev–Trinajstić information content (AvgIpc) is 2.84. The number of carboxylic acid groups (broad SMARTS) is 1. The SMILES string of the molecule is Cn1cnc(-c2c(N)ccc3c2CCN(C(=O)O)C3)c1. The number of fused-ring (bicyclic) bond motifs is 1. The molecule has 1 aliphatic rings. The van der Waals surface area contributed by atoms with E-state index in [0.29, 0.717) is 25.2 Å². The summed E-state index contributed by atoms with van der Waals surface area (Å²) in [4.78, 5) is 16.9. The van der Waals surface area contributed by atoms with Crippen molar-refractivity contribution in [3.05, 3.63) is 35.8 Å². The van der Waals surface area contributed by atoms with E-state index in [1.54, 1.807) is 6.33 Å². The molecule has 0 aliphatic carbocycles. The second kappa shape index (κ2) is 4.56. The van der Waals surface area contributed by atoms with Crippen molar-refractivity contribution in [3.8, 4) is 11.3 Å². The number of nitrogens with two attached hydrogens (primary N) is 1. The Morgan fingerprint density at radius 1 is 1.45 bits per heavy atom. The molecule has 0 spiro atoms. The highest BCUT2D eigenvalue weighted by Gasteiger charge is 2.24. The fourth-order valence-electron chi connectivity index (χ4n) is 2.68. The summed E-state index contributed by atoms with van der Waals surface area (Å²) >= 11 is 0. The summed E-state index contributed by atoms with van der Waals surface area (Å²) in [5, 5.41) is 9.09. The molecule has 3 rings (SSSR count). The zero-order valence-corrected chi connectivity index (χ0v) is 11.2. The van der Waals surface area contributed by atoms with Gasteiger partial charge in [0.2, 0.25) is 0 Å². The summed E-state index contributed by atoms with van der Waals surface area (Å²) in [5.74, 6) is 0. The number of hydrogen-bond donors (Lipinski definition) is 2. The predicted molar refractivity (Wildman–Crippen MR) is 75.2 cm³/mol. The van der Waals surface area contributed by atoms with Gasteiger partial charge in [-0.1, -0.05) is 6.07 Å². The number of hydrogen-bond acceptors (Lipinski definition) is 3. The highest BCUT2D eigenvalue weighted by atomic mass is 16.4. The van der Waals surface area contributed by atoms with E-state index in [0.717, 1.165) is 22.4 Å². The minimum Gasteiger partial charge on any atom is -0.465 e. The number of imidazole rings is 1. The molecule has 0 bridgehead atoms. The van der Waals surface area contributed by atoms with Crippen LogP contribution >= 0.6 is 0 Å². The maximum absolute atomic E-state index is 11.1. The number of aromatic nitrogens is 2. The van der Waals surface area contributed by atoms with Crippen molar-refractivity contribution in [3.63, 3.8) is 0 Å². The first-order valence-corrected chi connectivity index (χ1v) is 6.42. The van der Waals surface area contributed by atoms with E-state index < -0.39 is 6.09 Å². The fraction of sp³-hybridized carbons (Fsp3) is 0.286. The van der Waals surface area contributed by atoms with Crippen LogP contribution < -0.4 is 5.73 Å². The first kappa shape index (κ1) is 12.5. The second-order valence-corrected chi connectivity index (χ2v) is 5.05. The first-order chi connectivity index (χ1) is 9.56. The van der Waals surface area contributed by atoms with E-state index in [1.165, 1.54) is 4.90 Å². The Hall–Kier alpha value is -2.50. The molecule has 0 fully saturated rings. The largest absolute Gasteiger partial charge is 0.465 e. The second-order valence-electron chi connectivity index (χ2n) is 5.05. The van der Waals surface area contributed by atoms with Crippen LogP contribution in [0.5, 0.6) is 0 Å². The number of anilines is 1. The summed E-state index contributed by atoms with van der Waals surface area (Å²) in [5.41, 5.74) is 10.7. The average molecular weight is 272 g/mol. The van der Waals surface area contributed by atoms with Gasteiger partial charge in [0.25, 0.3) is 0 Å². The Balaban J connectivity index is 2.08. The minimum atomic E-state index is -0.883. The summed E-state index contributed by atoms with van der Waals surface area (Å²) < 4.78 is 1.88. The van der Waals surface area contributed by atoms with E-state index in [2.05, 4.69) is 4.98 Å². The molecule has 104 valence electrons. The zero-order valence-electron chi connectivity index (χ0n) is 11.2. The van der Waals surface area contributed by atoms with Crippen LogP contribution in [-0.2, 0) is 20.0 Å². The third-order valence-corrected chi connectivity index (χ3v) is 3.67. The quantitative estimate of drug-likeness (QED) is 0.774. The molecule has 20 heavy (non-hydrogen) atoms. The molecular weight excluding hydrogens is 256 g/mol. The normalized spacial score (nSPS) is 14.2. The van der Waals surface area contributed by atoms with E-state index in [1.807, 2.05) is 29.9 Å². The van der Waals surface area contributed by atoms with E-state index in [4.69, 9.17) is 10.8 Å². The Bertz CT molecular complexity index is 678. The van der Waals surface area contributed by atoms with Crippen LogP contribution in [0.15, 0.2) is 24.7 Å². The maximum atomic E-state index is 11.1. The van der Waals surface area contributed by atoms with Gasteiger partial charge in [-0.3, -0.25) is 0 Å². The summed E-state index contributed by atoms with van der Waals surface area (Å²) in [6.45, 7) is 0.899. The minimum absolute atomic E-state index is 0.408. The zero-order chi connectivity index (χ0) is 14.3. The molecule has 0 saturated heterocycles. The molecule has 3 N–H and O–H groups in total. The van der Waals surface area contributed by atoms with Crippen LogP contribution in [0.1, 0.15) is 11.1 Å². The number of benzene rings is 1. The predicted octanol–water partition coefficient (Wildman–Crippen LogP) is 1.71. The smallest absolute Gasteiger partial charge is 0.407 e. The van der Waals surface area contributed by atoms with Crippen LogP contribution in [0.2, 0.25) is 0 Å². The van der Waals surface area contributed by atoms with Gasteiger partial charge >= 0.3 is 6.09 Å². The third-order valence-electron chi connectivity index (χ3n) is 3.67. The van der Waals surface area contributed by atoms with E-state index in [-0.39, 0.29) is 0 Å². The number of nitrogens with zero attached hydrogens (tertiary/aromatic N) is 3. The molecule has 0 unspecified atom stereocenters. The molecule has 6 nitrogen and oxygen atoms in total. The molecule has 1 aromatic carbocycles. The molecule has 0 saturated carbocycles. The standard InChI is InChI=1S/C14H16N4O2/c1-17-7-12(16-8-17)13-10-4-5-18(14(19)20)6-9(10)2-3-11(13)15/h2-3,7-8H,4-6,15H2,1H3,(H,19,20). The van der Waals surface area contributed by atoms with Crippen molar-refractivity contribution in [1.29, 1.82) is 0 Å². The van der Waals surface area contributed by atoms with Crippen molar-refractivity contribution in [2.45, 2.75) is 13.0 Å². The van der Waals surface area contributed by atoms with Gasteiger partial charge in [-0.15, -0.1) is 0 Å². The molecule has 0 radical (unpaired) electrons. The molecule has 6 heteroatoms. The third kappa shape index (κ3) is 1.99. The molecule has 1 aromatic heterocycles. The van der Waals surface area contributed by atoms with E-state index in [9.17, 15) is 4.79 Å². The van der Waals surface area contributed by atoms with Crippen molar-refractivity contribution in [2.75, 3.05) is 12.3 Å². The highest BCUT2D eigenvalue weighted by molar-refractivity contribution is 5.79. The Morgan fingerprint density at radius 3 is 2.90 bits per heavy atom. The topological polar surface area (TPSA) is 84.4 Å². The lowest BCUT2D eigenvalue weighted by atomic mass is 9.92. The first-order valence-electron chi connectivity index (χ1n) is 6.42. The molecule has 2 heterocycles. The van der Waals surface area contributed by atoms with Crippen molar-refractivity contribution in [1.82, 2.24) is 14.5 Å². The van der Waals surface area contributed by atoms with Crippen LogP contribution in [0, 0.1) is 0 Å². The van der Waals surface area contributed by atoms with Gasteiger partial charge in [-0.25, -0.2) is 9.78 Å². The molecule has 1 aliphatic heterocycles. The van der Waals surface area contributed by atoms with Gasteiger partial charge in [0.1, 0.15) is 0 Å². The lowest BCUT2D eigenvalue weighted by molar-refractivity contribution is 0.140. The van der Waals surface area contributed by atoms with E-state index >= 15 is 0 Å². The Kier molecular flexibility index (Phi) is 2.85. The number of rotatable bonds is 1. The number of amides is 1. The Morgan fingerprint density at radius 2 is 2.25 bits per heavy atom. The summed E-state index contributed by atoms with van der Waals surface area (Å²) in [6.07, 6.45) is 3.45. The maximum Gasteiger partial charge on any atom is 0.407 e. The van der Waals surface area contributed by atoms with Gasteiger partial charge < -0.3 is 20.3 Å². The number of aryl methyl sites for hydroxylation is 1. The van der Waals surface area contributed by atoms with Gasteiger partial charge in [-0.05, 0) is 23.6 Å². The molecular formula is C14H16N4O2. The summed E-state index contributed by atoms with van der Waals surface area (Å²) in [6, 6.07) is 3.74. The van der Waals surface area contributed by atoms with Crippen LogP contribution in [0.3, 0.4) is 0 Å². The fourth-order valence-corrected chi connectivity index (χ4v) is 2.68. The summed E-state index contributed by atoms with van der Waals surface area (Å²) in [7, 11) is 1.91. The van der Waals surface area contributed by atoms with Crippen LogP contribution in [-0.4, -0.2) is 32.2 Å². The van der Waals surface area contributed by atoms with Crippen LogP contribution in [0.4, 0.5) is 10.5 Å². The van der Waals surface area contributed by atoms with Gasteiger partial charge in [0.05, 0.1) is 12.0 Å². The molecule has 0 atom stereocenters. The van der Waals surface area contributed by atoms with Gasteiger partial charge in [-0.2, -0.15) is 0 Å². The molecule has 1 amide bonds. The van der Waals surface area contributed by atoms with Crippen molar-refractivity contribution >= 4 is 11.8 Å². The Labute approximate surface area is 116 Å². The van der Waals surface area contributed by atoms with Crippen molar-refractivity contribution in [2.24, 2.45) is 7.05 Å². The number of nitrogen functional groups attached to an aromatic ring is 1. The van der Waals surface area contributed by atoms with Gasteiger partial charge in [0.15, 0.2) is 0 Å².